The number of likely N-dealkylation sites (N-methyl/N-ethyl adjacent to an activating group) is 1. The van der Waals surface area contributed by atoms with E-state index in [2.05, 4.69) is 36.6 Å². The number of piperidine rings is 1. The molecule has 0 saturated carbocycles. The summed E-state index contributed by atoms with van der Waals surface area (Å²) in [6, 6.07) is 4.18. The molecule has 0 unspecified atom stereocenters. The number of aryl methyl sites for hydroxylation is 1. The Morgan fingerprint density at radius 2 is 2.23 bits per heavy atom. The minimum absolute atomic E-state index is 0.180. The molecule has 1 saturated heterocycles. The second-order valence-corrected chi connectivity index (χ2v) is 8.54. The van der Waals surface area contributed by atoms with E-state index in [1.807, 2.05) is 32.0 Å². The molecule has 1 atom stereocenters. The Morgan fingerprint density at radius 3 is 3.00 bits per heavy atom. The minimum atomic E-state index is -0.180. The zero-order valence-electron chi connectivity index (χ0n) is 17.7. The van der Waals surface area contributed by atoms with Gasteiger partial charge in [0.1, 0.15) is 17.3 Å². The largest absolute Gasteiger partial charge is 0.349 e. The van der Waals surface area contributed by atoms with Gasteiger partial charge in [-0.05, 0) is 40.4 Å². The number of anilines is 2. The van der Waals surface area contributed by atoms with Crippen molar-refractivity contribution in [2.24, 2.45) is 0 Å². The van der Waals surface area contributed by atoms with Gasteiger partial charge in [0.15, 0.2) is 5.13 Å². The molecule has 2 N–H and O–H groups in total. The second-order valence-electron chi connectivity index (χ2n) is 7.68. The van der Waals surface area contributed by atoms with Crippen molar-refractivity contribution < 1.29 is 4.79 Å². The van der Waals surface area contributed by atoms with E-state index in [0.29, 0.717) is 35.6 Å². The third-order valence-electron chi connectivity index (χ3n) is 4.89. The number of hydrogen-bond donors (Lipinski definition) is 2. The van der Waals surface area contributed by atoms with Gasteiger partial charge in [0.05, 0.1) is 18.3 Å². The molecule has 1 aliphatic heterocycles. The number of nitrogens with one attached hydrogen (secondary N) is 2. The highest BCUT2D eigenvalue weighted by molar-refractivity contribution is 7.14. The summed E-state index contributed by atoms with van der Waals surface area (Å²) in [4.78, 5) is 29.9. The highest BCUT2D eigenvalue weighted by Gasteiger charge is 2.23. The number of thiazole rings is 1. The zero-order valence-corrected chi connectivity index (χ0v) is 18.5. The van der Waals surface area contributed by atoms with E-state index in [0.717, 1.165) is 38.2 Å². The molecule has 1 fully saturated rings. The third kappa shape index (κ3) is 6.19. The Labute approximate surface area is 181 Å². The van der Waals surface area contributed by atoms with Crippen LogP contribution < -0.4 is 10.6 Å². The Kier molecular flexibility index (Phi) is 7.68. The van der Waals surface area contributed by atoms with Crippen LogP contribution >= 0.6 is 11.3 Å². The lowest BCUT2D eigenvalue weighted by molar-refractivity contribution is 0.0947. The second kappa shape index (κ2) is 10.4. The summed E-state index contributed by atoms with van der Waals surface area (Å²) in [5.74, 6) is 1.46. The summed E-state index contributed by atoms with van der Waals surface area (Å²) >= 11 is 1.37. The fraction of sp³-hybridized carbons (Fsp3) is 0.550. The van der Waals surface area contributed by atoms with Crippen LogP contribution in [0.25, 0.3) is 0 Å². The maximum absolute atomic E-state index is 12.2. The van der Waals surface area contributed by atoms with Gasteiger partial charge >= 0.3 is 0 Å². The molecule has 2 aromatic rings. The van der Waals surface area contributed by atoms with Crippen molar-refractivity contribution in [2.75, 3.05) is 52.1 Å². The number of hydrogen-bond acceptors (Lipinski definition) is 9. The van der Waals surface area contributed by atoms with Gasteiger partial charge in [-0.15, -0.1) is 11.3 Å². The molecule has 1 aliphatic rings. The molecule has 10 heteroatoms. The third-order valence-corrected chi connectivity index (χ3v) is 5.65. The van der Waals surface area contributed by atoms with Crippen molar-refractivity contribution in [2.45, 2.75) is 25.7 Å². The summed E-state index contributed by atoms with van der Waals surface area (Å²) in [5, 5.41) is 17.4. The SMILES string of the molecule is Cc1nc(Nc2nc(C(=O)NCCN(C)C)cs2)cc([C@H]2CCCN(CC#N)C2)n1. The molecule has 0 aliphatic carbocycles. The van der Waals surface area contributed by atoms with Crippen LogP contribution in [-0.2, 0) is 0 Å². The van der Waals surface area contributed by atoms with Gasteiger partial charge in [0, 0.05) is 37.0 Å². The van der Waals surface area contributed by atoms with Gasteiger partial charge in [-0.1, -0.05) is 0 Å². The highest BCUT2D eigenvalue weighted by Crippen LogP contribution is 2.28. The van der Waals surface area contributed by atoms with Crippen LogP contribution in [0, 0.1) is 18.3 Å². The normalized spacial score (nSPS) is 17.0. The number of carbonyl (C=O) groups is 1. The van der Waals surface area contributed by atoms with E-state index in [1.165, 1.54) is 11.3 Å². The first-order chi connectivity index (χ1) is 14.4. The van der Waals surface area contributed by atoms with Crippen LogP contribution in [0.3, 0.4) is 0 Å². The average Bonchev–Trinajstić information content (AvgIpc) is 3.16. The van der Waals surface area contributed by atoms with E-state index in [1.54, 1.807) is 5.38 Å². The molecule has 0 radical (unpaired) electrons. The monoisotopic (exact) mass is 428 g/mol. The van der Waals surface area contributed by atoms with E-state index >= 15 is 0 Å². The summed E-state index contributed by atoms with van der Waals surface area (Å²) in [6.45, 7) is 5.46. The molecule has 160 valence electrons. The molecular formula is C20H28N8OS. The minimum Gasteiger partial charge on any atom is -0.349 e. The molecular weight excluding hydrogens is 400 g/mol. The lowest BCUT2D eigenvalue weighted by atomic mass is 9.94. The van der Waals surface area contributed by atoms with Crippen molar-refractivity contribution in [1.29, 1.82) is 5.26 Å². The lowest BCUT2D eigenvalue weighted by Crippen LogP contribution is -2.35. The Balaban J connectivity index is 1.65. The van der Waals surface area contributed by atoms with E-state index in [9.17, 15) is 4.79 Å². The molecule has 3 heterocycles. The topological polar surface area (TPSA) is 110 Å². The van der Waals surface area contributed by atoms with Gasteiger partial charge in [-0.3, -0.25) is 9.69 Å². The summed E-state index contributed by atoms with van der Waals surface area (Å²) < 4.78 is 0. The Bertz CT molecular complexity index is 906. The van der Waals surface area contributed by atoms with Gasteiger partial charge in [0.25, 0.3) is 5.91 Å². The van der Waals surface area contributed by atoms with Crippen molar-refractivity contribution in [3.05, 3.63) is 28.7 Å². The molecule has 3 rings (SSSR count). The van der Waals surface area contributed by atoms with E-state index in [4.69, 9.17) is 5.26 Å². The highest BCUT2D eigenvalue weighted by atomic mass is 32.1. The van der Waals surface area contributed by atoms with Crippen LogP contribution in [0.1, 0.15) is 40.8 Å². The first-order valence-corrected chi connectivity index (χ1v) is 10.9. The Morgan fingerprint density at radius 1 is 1.40 bits per heavy atom. The van der Waals surface area contributed by atoms with Gasteiger partial charge in [0.2, 0.25) is 0 Å². The van der Waals surface area contributed by atoms with Crippen LogP contribution in [0.5, 0.6) is 0 Å². The summed E-state index contributed by atoms with van der Waals surface area (Å²) in [7, 11) is 3.92. The van der Waals surface area contributed by atoms with Crippen molar-refractivity contribution >= 4 is 28.2 Å². The van der Waals surface area contributed by atoms with Crippen LogP contribution in [0.2, 0.25) is 0 Å². The number of nitrogens with zero attached hydrogens (tertiary/aromatic N) is 6. The van der Waals surface area contributed by atoms with Gasteiger partial charge < -0.3 is 15.5 Å². The molecule has 0 spiro atoms. The first kappa shape index (κ1) is 22.1. The molecule has 9 nitrogen and oxygen atoms in total. The zero-order chi connectivity index (χ0) is 21.5. The Hall–Kier alpha value is -2.61. The maximum Gasteiger partial charge on any atom is 0.270 e. The van der Waals surface area contributed by atoms with Gasteiger partial charge in [-0.25, -0.2) is 15.0 Å². The number of carbonyl (C=O) groups excluding carboxylic acids is 1. The molecule has 0 bridgehead atoms. The summed E-state index contributed by atoms with van der Waals surface area (Å²) in [6.07, 6.45) is 2.10. The predicted octanol–water partition coefficient (Wildman–Crippen LogP) is 1.98. The van der Waals surface area contributed by atoms with Gasteiger partial charge in [-0.2, -0.15) is 5.26 Å². The number of likely N-dealkylation sites (tertiary alicyclic amines) is 1. The van der Waals surface area contributed by atoms with E-state index < -0.39 is 0 Å². The molecule has 0 aromatic carbocycles. The number of aromatic nitrogens is 3. The standard InChI is InChI=1S/C20H28N8OS/c1-14-23-16(15-5-4-8-28(12-15)9-6-21)11-18(24-14)26-20-25-17(13-30-20)19(29)22-7-10-27(2)3/h11,13,15H,4-5,7-10,12H2,1-3H3,(H,22,29)(H,23,24,25,26)/t15-/m0/s1. The summed E-state index contributed by atoms with van der Waals surface area (Å²) in [5.41, 5.74) is 1.37. The van der Waals surface area contributed by atoms with Crippen molar-refractivity contribution in [3.8, 4) is 6.07 Å². The van der Waals surface area contributed by atoms with Crippen molar-refractivity contribution in [3.63, 3.8) is 0 Å². The van der Waals surface area contributed by atoms with Crippen LogP contribution in [-0.4, -0.2) is 77.5 Å². The number of nitriles is 1. The van der Waals surface area contributed by atoms with Crippen molar-refractivity contribution in [1.82, 2.24) is 30.1 Å². The maximum atomic E-state index is 12.2. The molecule has 30 heavy (non-hydrogen) atoms. The van der Waals surface area contributed by atoms with Crippen LogP contribution in [0.15, 0.2) is 11.4 Å². The van der Waals surface area contributed by atoms with Crippen LogP contribution in [0.4, 0.5) is 10.9 Å². The first-order valence-electron chi connectivity index (χ1n) is 10.0. The smallest absolute Gasteiger partial charge is 0.270 e. The predicted molar refractivity (Wildman–Crippen MR) is 117 cm³/mol. The molecule has 1 amide bonds. The number of rotatable bonds is 8. The van der Waals surface area contributed by atoms with E-state index in [-0.39, 0.29) is 11.8 Å². The number of amides is 1. The fourth-order valence-corrected chi connectivity index (χ4v) is 4.13. The average molecular weight is 429 g/mol. The fourth-order valence-electron chi connectivity index (χ4n) is 3.43. The lowest BCUT2D eigenvalue weighted by Gasteiger charge is -2.30. The quantitative estimate of drug-likeness (QED) is 0.614. The molecule has 2 aromatic heterocycles.